The SMILES string of the molecule is CCNC1CCCC1N1CCOCC1CC. The summed E-state index contributed by atoms with van der Waals surface area (Å²) in [5, 5.41) is 3.65. The first kappa shape index (κ1) is 12.3. The number of hydrogen-bond donors (Lipinski definition) is 1. The monoisotopic (exact) mass is 226 g/mol. The molecule has 1 N–H and O–H groups in total. The van der Waals surface area contributed by atoms with Gasteiger partial charge in [-0.1, -0.05) is 20.3 Å². The fourth-order valence-electron chi connectivity index (χ4n) is 3.29. The van der Waals surface area contributed by atoms with Gasteiger partial charge in [0.15, 0.2) is 0 Å². The zero-order chi connectivity index (χ0) is 11.4. The maximum absolute atomic E-state index is 5.60. The Morgan fingerprint density at radius 3 is 2.94 bits per heavy atom. The Morgan fingerprint density at radius 1 is 1.31 bits per heavy atom. The Kier molecular flexibility index (Phi) is 4.62. The Hall–Kier alpha value is -0.120. The van der Waals surface area contributed by atoms with Crippen LogP contribution in [0.5, 0.6) is 0 Å². The predicted octanol–water partition coefficient (Wildman–Crippen LogP) is 1.63. The summed E-state index contributed by atoms with van der Waals surface area (Å²) in [7, 11) is 0. The molecule has 94 valence electrons. The van der Waals surface area contributed by atoms with Crippen LogP contribution in [0.2, 0.25) is 0 Å². The average Bonchev–Trinajstić information content (AvgIpc) is 2.77. The van der Waals surface area contributed by atoms with E-state index >= 15 is 0 Å². The molecule has 16 heavy (non-hydrogen) atoms. The molecule has 1 heterocycles. The molecule has 1 aliphatic carbocycles. The van der Waals surface area contributed by atoms with Crippen LogP contribution in [-0.4, -0.2) is 49.3 Å². The lowest BCUT2D eigenvalue weighted by Crippen LogP contribution is -2.55. The molecule has 3 heteroatoms. The minimum Gasteiger partial charge on any atom is -0.378 e. The van der Waals surface area contributed by atoms with Crippen molar-refractivity contribution in [2.75, 3.05) is 26.3 Å². The van der Waals surface area contributed by atoms with Gasteiger partial charge in [-0.15, -0.1) is 0 Å². The molecule has 1 saturated carbocycles. The Bertz CT molecular complexity index is 210. The van der Waals surface area contributed by atoms with Crippen molar-refractivity contribution in [3.05, 3.63) is 0 Å². The van der Waals surface area contributed by atoms with Crippen molar-refractivity contribution >= 4 is 0 Å². The van der Waals surface area contributed by atoms with Gasteiger partial charge in [-0.05, 0) is 25.8 Å². The third kappa shape index (κ3) is 2.58. The first-order valence-electron chi connectivity index (χ1n) is 6.93. The van der Waals surface area contributed by atoms with Crippen molar-refractivity contribution in [1.82, 2.24) is 10.2 Å². The molecule has 3 nitrogen and oxygen atoms in total. The summed E-state index contributed by atoms with van der Waals surface area (Å²) >= 11 is 0. The lowest BCUT2D eigenvalue weighted by molar-refractivity contribution is -0.0334. The van der Waals surface area contributed by atoms with Gasteiger partial charge in [0.25, 0.3) is 0 Å². The van der Waals surface area contributed by atoms with E-state index in [-0.39, 0.29) is 0 Å². The molecule has 1 aliphatic heterocycles. The van der Waals surface area contributed by atoms with Gasteiger partial charge in [0, 0.05) is 24.7 Å². The van der Waals surface area contributed by atoms with Crippen molar-refractivity contribution < 1.29 is 4.74 Å². The van der Waals surface area contributed by atoms with Crippen LogP contribution >= 0.6 is 0 Å². The van der Waals surface area contributed by atoms with Crippen molar-refractivity contribution in [2.24, 2.45) is 0 Å². The maximum Gasteiger partial charge on any atom is 0.0622 e. The van der Waals surface area contributed by atoms with Crippen LogP contribution in [0.25, 0.3) is 0 Å². The normalized spacial score (nSPS) is 36.8. The van der Waals surface area contributed by atoms with Crippen LogP contribution in [0.4, 0.5) is 0 Å². The standard InChI is InChI=1S/C13H26N2O/c1-3-11-10-16-9-8-15(11)13-7-5-6-12(13)14-4-2/h11-14H,3-10H2,1-2H3. The molecule has 2 aliphatic rings. The summed E-state index contributed by atoms with van der Waals surface area (Å²) in [5.41, 5.74) is 0. The van der Waals surface area contributed by atoms with E-state index in [1.807, 2.05) is 0 Å². The van der Waals surface area contributed by atoms with Gasteiger partial charge in [0.2, 0.25) is 0 Å². The third-order valence-electron chi connectivity index (χ3n) is 4.12. The van der Waals surface area contributed by atoms with Crippen LogP contribution in [0.15, 0.2) is 0 Å². The number of nitrogens with one attached hydrogen (secondary N) is 1. The Labute approximate surface area is 99.5 Å². The molecule has 0 aromatic carbocycles. The van der Waals surface area contributed by atoms with Crippen molar-refractivity contribution in [2.45, 2.75) is 57.7 Å². The smallest absolute Gasteiger partial charge is 0.0622 e. The second-order valence-electron chi connectivity index (χ2n) is 5.04. The second-order valence-corrected chi connectivity index (χ2v) is 5.04. The Balaban J connectivity index is 1.97. The number of hydrogen-bond acceptors (Lipinski definition) is 3. The molecule has 3 atom stereocenters. The highest BCUT2D eigenvalue weighted by atomic mass is 16.5. The fraction of sp³-hybridized carbons (Fsp3) is 1.00. The summed E-state index contributed by atoms with van der Waals surface area (Å²) in [6.45, 7) is 8.58. The number of morpholine rings is 1. The molecular formula is C13H26N2O. The van der Waals surface area contributed by atoms with E-state index in [2.05, 4.69) is 24.1 Å². The molecule has 2 fully saturated rings. The summed E-state index contributed by atoms with van der Waals surface area (Å²) in [5.74, 6) is 0. The van der Waals surface area contributed by atoms with Crippen LogP contribution < -0.4 is 5.32 Å². The minimum absolute atomic E-state index is 0.651. The molecule has 1 saturated heterocycles. The lowest BCUT2D eigenvalue weighted by Gasteiger charge is -2.41. The van der Waals surface area contributed by atoms with Gasteiger partial charge in [0.1, 0.15) is 0 Å². The molecule has 0 spiro atoms. The quantitative estimate of drug-likeness (QED) is 0.788. The van der Waals surface area contributed by atoms with Crippen LogP contribution in [0, 0.1) is 0 Å². The molecule has 0 bridgehead atoms. The van der Waals surface area contributed by atoms with E-state index in [0.717, 1.165) is 38.4 Å². The second kappa shape index (κ2) is 5.99. The first-order valence-corrected chi connectivity index (χ1v) is 6.93. The van der Waals surface area contributed by atoms with Crippen molar-refractivity contribution in [1.29, 1.82) is 0 Å². The van der Waals surface area contributed by atoms with E-state index in [1.54, 1.807) is 0 Å². The minimum atomic E-state index is 0.651. The average molecular weight is 226 g/mol. The predicted molar refractivity (Wildman–Crippen MR) is 66.7 cm³/mol. The van der Waals surface area contributed by atoms with Crippen molar-refractivity contribution in [3.8, 4) is 0 Å². The number of ether oxygens (including phenoxy) is 1. The van der Waals surface area contributed by atoms with Crippen LogP contribution in [-0.2, 0) is 4.74 Å². The molecular weight excluding hydrogens is 200 g/mol. The van der Waals surface area contributed by atoms with E-state index in [4.69, 9.17) is 4.74 Å². The molecule has 0 aromatic rings. The fourth-order valence-corrected chi connectivity index (χ4v) is 3.29. The number of rotatable bonds is 4. The summed E-state index contributed by atoms with van der Waals surface area (Å²) in [6, 6.07) is 2.13. The van der Waals surface area contributed by atoms with Gasteiger partial charge >= 0.3 is 0 Å². The zero-order valence-corrected chi connectivity index (χ0v) is 10.7. The van der Waals surface area contributed by atoms with Gasteiger partial charge in [-0.3, -0.25) is 4.90 Å². The molecule has 3 unspecified atom stereocenters. The first-order chi connectivity index (χ1) is 7.86. The highest BCUT2D eigenvalue weighted by molar-refractivity contribution is 4.93. The van der Waals surface area contributed by atoms with E-state index in [9.17, 15) is 0 Å². The topological polar surface area (TPSA) is 24.5 Å². The molecule has 2 rings (SSSR count). The number of nitrogens with zero attached hydrogens (tertiary/aromatic N) is 1. The number of likely N-dealkylation sites (N-methyl/N-ethyl adjacent to an activating group) is 1. The van der Waals surface area contributed by atoms with Gasteiger partial charge in [-0.25, -0.2) is 0 Å². The largest absolute Gasteiger partial charge is 0.378 e. The third-order valence-corrected chi connectivity index (χ3v) is 4.12. The zero-order valence-electron chi connectivity index (χ0n) is 10.7. The summed E-state index contributed by atoms with van der Waals surface area (Å²) in [4.78, 5) is 2.71. The summed E-state index contributed by atoms with van der Waals surface area (Å²) in [6.07, 6.45) is 5.33. The highest BCUT2D eigenvalue weighted by Crippen LogP contribution is 2.27. The Morgan fingerprint density at radius 2 is 2.19 bits per heavy atom. The van der Waals surface area contributed by atoms with Crippen LogP contribution in [0.1, 0.15) is 39.5 Å². The van der Waals surface area contributed by atoms with Gasteiger partial charge in [0.05, 0.1) is 13.2 Å². The van der Waals surface area contributed by atoms with E-state index < -0.39 is 0 Å². The van der Waals surface area contributed by atoms with Crippen molar-refractivity contribution in [3.63, 3.8) is 0 Å². The van der Waals surface area contributed by atoms with Crippen LogP contribution in [0.3, 0.4) is 0 Å². The van der Waals surface area contributed by atoms with E-state index in [1.165, 1.54) is 25.7 Å². The summed E-state index contributed by atoms with van der Waals surface area (Å²) < 4.78 is 5.60. The molecule has 0 amide bonds. The maximum atomic E-state index is 5.60. The lowest BCUT2D eigenvalue weighted by atomic mass is 10.0. The molecule has 0 aromatic heterocycles. The van der Waals surface area contributed by atoms with E-state index in [0.29, 0.717) is 6.04 Å². The van der Waals surface area contributed by atoms with Gasteiger partial charge in [-0.2, -0.15) is 0 Å². The highest BCUT2D eigenvalue weighted by Gasteiger charge is 2.35. The molecule has 0 radical (unpaired) electrons. The van der Waals surface area contributed by atoms with Gasteiger partial charge < -0.3 is 10.1 Å².